The second kappa shape index (κ2) is 12.5. The van der Waals surface area contributed by atoms with Crippen LogP contribution in [0.25, 0.3) is 22.3 Å². The number of nitrogens with zero attached hydrogens (tertiary/aromatic N) is 1. The third kappa shape index (κ3) is 6.28. The number of benzene rings is 2. The summed E-state index contributed by atoms with van der Waals surface area (Å²) in [6.45, 7) is 6.71. The van der Waals surface area contributed by atoms with E-state index >= 15 is 0 Å². The first-order valence-corrected chi connectivity index (χ1v) is 12.5. The maximum absolute atomic E-state index is 14.7. The molecule has 0 radical (unpaired) electrons. The number of pyridine rings is 1. The molecule has 0 saturated carbocycles. The van der Waals surface area contributed by atoms with Gasteiger partial charge in [-0.2, -0.15) is 4.39 Å². The minimum atomic E-state index is -0.366. The summed E-state index contributed by atoms with van der Waals surface area (Å²) in [6.07, 6.45) is 10.4. The van der Waals surface area contributed by atoms with Gasteiger partial charge in [0.2, 0.25) is 5.95 Å². The highest BCUT2D eigenvalue weighted by Gasteiger charge is 2.15. The fraction of sp³-hybridized carbons (Fsp3) is 0.433. The molecule has 2 aromatic carbocycles. The first kappa shape index (κ1) is 24.2. The molecule has 170 valence electrons. The van der Waals surface area contributed by atoms with Crippen molar-refractivity contribution in [2.75, 3.05) is 0 Å². The van der Waals surface area contributed by atoms with Crippen molar-refractivity contribution in [3.05, 3.63) is 77.9 Å². The van der Waals surface area contributed by atoms with Crippen molar-refractivity contribution < 1.29 is 4.39 Å². The van der Waals surface area contributed by atoms with E-state index in [1.165, 1.54) is 48.8 Å². The standard InChI is InChI=1S/C30H38FN/c1-4-7-9-14-26-21-22-29(30(31)32-26)25-19-17-24(18-20-25)28-16-11-10-15-27(28)23(12-6-3)13-8-5-2/h10-11,15-23H,4-9,12-14H2,1-3H3. The summed E-state index contributed by atoms with van der Waals surface area (Å²) in [6, 6.07) is 21.0. The van der Waals surface area contributed by atoms with E-state index in [2.05, 4.69) is 62.2 Å². The zero-order valence-corrected chi connectivity index (χ0v) is 20.0. The van der Waals surface area contributed by atoms with Gasteiger partial charge in [-0.1, -0.05) is 101 Å². The molecular weight excluding hydrogens is 393 g/mol. The van der Waals surface area contributed by atoms with Crippen LogP contribution >= 0.6 is 0 Å². The minimum absolute atomic E-state index is 0.366. The number of hydrogen-bond acceptors (Lipinski definition) is 1. The Morgan fingerprint density at radius 3 is 2.03 bits per heavy atom. The van der Waals surface area contributed by atoms with Gasteiger partial charge in [-0.25, -0.2) is 4.98 Å². The molecule has 0 amide bonds. The van der Waals surface area contributed by atoms with E-state index in [-0.39, 0.29) is 5.95 Å². The largest absolute Gasteiger partial charge is 0.224 e. The average molecular weight is 432 g/mol. The third-order valence-corrected chi connectivity index (χ3v) is 6.39. The van der Waals surface area contributed by atoms with Crippen LogP contribution in [0.1, 0.15) is 89.3 Å². The summed E-state index contributed by atoms with van der Waals surface area (Å²) < 4.78 is 14.7. The van der Waals surface area contributed by atoms with E-state index in [0.717, 1.165) is 36.9 Å². The molecule has 0 aliphatic rings. The van der Waals surface area contributed by atoms with E-state index in [4.69, 9.17) is 0 Å². The summed E-state index contributed by atoms with van der Waals surface area (Å²) in [7, 11) is 0. The van der Waals surface area contributed by atoms with Gasteiger partial charge in [0.25, 0.3) is 0 Å². The molecule has 3 rings (SSSR count). The smallest absolute Gasteiger partial charge is 0.220 e. The van der Waals surface area contributed by atoms with Crippen LogP contribution < -0.4 is 0 Å². The fourth-order valence-corrected chi connectivity index (χ4v) is 4.58. The van der Waals surface area contributed by atoms with Crippen molar-refractivity contribution in [2.24, 2.45) is 0 Å². The molecule has 0 fully saturated rings. The fourth-order valence-electron chi connectivity index (χ4n) is 4.58. The quantitative estimate of drug-likeness (QED) is 0.205. The van der Waals surface area contributed by atoms with Crippen molar-refractivity contribution in [3.63, 3.8) is 0 Å². The van der Waals surface area contributed by atoms with E-state index < -0.39 is 0 Å². The minimum Gasteiger partial charge on any atom is -0.224 e. The van der Waals surface area contributed by atoms with Gasteiger partial charge in [0.05, 0.1) is 0 Å². The van der Waals surface area contributed by atoms with Gasteiger partial charge in [-0.3, -0.25) is 0 Å². The maximum atomic E-state index is 14.7. The monoisotopic (exact) mass is 431 g/mol. The van der Waals surface area contributed by atoms with Crippen molar-refractivity contribution in [1.82, 2.24) is 4.98 Å². The number of hydrogen-bond donors (Lipinski definition) is 0. The normalized spacial score (nSPS) is 12.1. The molecule has 0 saturated heterocycles. The highest BCUT2D eigenvalue weighted by molar-refractivity contribution is 5.72. The molecule has 0 aliphatic heterocycles. The maximum Gasteiger partial charge on any atom is 0.220 e. The molecule has 0 bridgehead atoms. The molecule has 1 atom stereocenters. The summed E-state index contributed by atoms with van der Waals surface area (Å²) in [5.41, 5.74) is 6.26. The number of halogens is 1. The zero-order chi connectivity index (χ0) is 22.8. The third-order valence-electron chi connectivity index (χ3n) is 6.39. The van der Waals surface area contributed by atoms with Crippen molar-refractivity contribution in [1.29, 1.82) is 0 Å². The molecule has 3 aromatic rings. The summed E-state index contributed by atoms with van der Waals surface area (Å²) >= 11 is 0. The molecule has 32 heavy (non-hydrogen) atoms. The molecular formula is C30H38FN. The predicted molar refractivity (Wildman–Crippen MR) is 135 cm³/mol. The zero-order valence-electron chi connectivity index (χ0n) is 20.0. The van der Waals surface area contributed by atoms with Crippen LogP contribution in [0.4, 0.5) is 4.39 Å². The predicted octanol–water partition coefficient (Wildman–Crippen LogP) is 9.36. The topological polar surface area (TPSA) is 12.9 Å². The van der Waals surface area contributed by atoms with Crippen molar-refractivity contribution in [3.8, 4) is 22.3 Å². The van der Waals surface area contributed by atoms with Gasteiger partial charge < -0.3 is 0 Å². The van der Waals surface area contributed by atoms with E-state index in [1.807, 2.05) is 24.3 Å². The first-order chi connectivity index (χ1) is 15.7. The molecule has 1 aromatic heterocycles. The highest BCUT2D eigenvalue weighted by atomic mass is 19.1. The first-order valence-electron chi connectivity index (χ1n) is 12.5. The highest BCUT2D eigenvalue weighted by Crippen LogP contribution is 2.36. The second-order valence-electron chi connectivity index (χ2n) is 8.89. The Balaban J connectivity index is 1.83. The van der Waals surface area contributed by atoms with Crippen LogP contribution in [0.2, 0.25) is 0 Å². The van der Waals surface area contributed by atoms with Gasteiger partial charge >= 0.3 is 0 Å². The Hall–Kier alpha value is -2.48. The van der Waals surface area contributed by atoms with Crippen LogP contribution in [0.15, 0.2) is 60.7 Å². The Kier molecular flexibility index (Phi) is 9.46. The second-order valence-corrected chi connectivity index (χ2v) is 8.89. The van der Waals surface area contributed by atoms with Gasteiger partial charge in [-0.15, -0.1) is 0 Å². The molecule has 0 N–H and O–H groups in total. The van der Waals surface area contributed by atoms with Crippen LogP contribution in [0, 0.1) is 5.95 Å². The van der Waals surface area contributed by atoms with E-state index in [0.29, 0.717) is 11.5 Å². The Bertz CT molecular complexity index is 961. The number of unbranched alkanes of at least 4 members (excludes halogenated alkanes) is 3. The molecule has 1 heterocycles. The van der Waals surface area contributed by atoms with Crippen molar-refractivity contribution >= 4 is 0 Å². The van der Waals surface area contributed by atoms with Gasteiger partial charge in [0.1, 0.15) is 0 Å². The van der Waals surface area contributed by atoms with Crippen LogP contribution in [-0.4, -0.2) is 4.98 Å². The van der Waals surface area contributed by atoms with Gasteiger partial charge in [-0.05, 0) is 66.0 Å². The van der Waals surface area contributed by atoms with Crippen LogP contribution in [-0.2, 0) is 6.42 Å². The molecule has 2 heteroatoms. The number of rotatable bonds is 12. The van der Waals surface area contributed by atoms with E-state index in [9.17, 15) is 4.39 Å². The lowest BCUT2D eigenvalue weighted by molar-refractivity contribution is 0.542. The molecule has 1 unspecified atom stereocenters. The molecule has 1 nitrogen and oxygen atoms in total. The van der Waals surface area contributed by atoms with Crippen LogP contribution in [0.5, 0.6) is 0 Å². The summed E-state index contributed by atoms with van der Waals surface area (Å²) in [5, 5.41) is 0. The molecule has 0 aliphatic carbocycles. The molecule has 0 spiro atoms. The Labute approximate surface area is 194 Å². The van der Waals surface area contributed by atoms with Gasteiger partial charge in [0, 0.05) is 11.3 Å². The lowest BCUT2D eigenvalue weighted by atomic mass is 9.84. The number of aryl methyl sites for hydroxylation is 1. The lowest BCUT2D eigenvalue weighted by Crippen LogP contribution is -2.01. The number of aromatic nitrogens is 1. The average Bonchev–Trinajstić information content (AvgIpc) is 2.82. The van der Waals surface area contributed by atoms with Crippen molar-refractivity contribution in [2.45, 2.75) is 84.5 Å². The van der Waals surface area contributed by atoms with Gasteiger partial charge in [0.15, 0.2) is 0 Å². The van der Waals surface area contributed by atoms with E-state index in [1.54, 1.807) is 0 Å². The lowest BCUT2D eigenvalue weighted by Gasteiger charge is -2.20. The summed E-state index contributed by atoms with van der Waals surface area (Å²) in [4.78, 5) is 4.22. The summed E-state index contributed by atoms with van der Waals surface area (Å²) in [5.74, 6) is 0.229. The van der Waals surface area contributed by atoms with Crippen LogP contribution in [0.3, 0.4) is 0 Å². The SMILES string of the molecule is CCCCCc1ccc(-c2ccc(-c3ccccc3C(CCC)CCCC)cc2)c(F)n1. The Morgan fingerprint density at radius 1 is 0.688 bits per heavy atom. The Morgan fingerprint density at radius 2 is 1.38 bits per heavy atom.